The minimum atomic E-state index is -3.18. The molecule has 0 amide bonds. The van der Waals surface area contributed by atoms with Gasteiger partial charge in [-0.3, -0.25) is 0 Å². The van der Waals surface area contributed by atoms with E-state index in [1.165, 1.54) is 25.3 Å². The summed E-state index contributed by atoms with van der Waals surface area (Å²) >= 11 is 0. The molecule has 1 aliphatic rings. The molecule has 1 heterocycles. The maximum Gasteiger partial charge on any atom is 0.348 e. The van der Waals surface area contributed by atoms with Gasteiger partial charge in [-0.15, -0.1) is 0 Å². The average Bonchev–Trinajstić information content (AvgIpc) is 2.97. The number of esters is 1. The smallest absolute Gasteiger partial charge is 0.348 e. The van der Waals surface area contributed by atoms with E-state index < -0.39 is 84.8 Å². The number of aliphatic hydroxyl groups is 5. The number of ether oxygens (including phenoxy) is 4. The second-order valence-electron chi connectivity index (χ2n) is 9.44. The maximum absolute atomic E-state index is 12.5. The molecule has 3 rings (SSSR count). The Hall–Kier alpha value is -4.45. The number of hydrogen-bond donors (Lipinski definition) is 9. The number of carbonyl (C=O) groups is 3. The number of aliphatic hydroxyl groups excluding tert-OH is 4. The largest absolute Gasteiger partial charge is 0.504 e. The zero-order valence-corrected chi connectivity index (χ0v) is 22.4. The van der Waals surface area contributed by atoms with Gasteiger partial charge >= 0.3 is 17.9 Å². The lowest BCUT2D eigenvalue weighted by Gasteiger charge is -2.39. The van der Waals surface area contributed by atoms with E-state index in [1.807, 2.05) is 0 Å². The summed E-state index contributed by atoms with van der Waals surface area (Å²) in [4.78, 5) is 36.2. The van der Waals surface area contributed by atoms with E-state index in [4.69, 9.17) is 18.9 Å². The zero-order chi connectivity index (χ0) is 32.1. The number of phenols is 2. The highest BCUT2D eigenvalue weighted by Crippen LogP contribution is 2.33. The normalized spacial score (nSPS) is 24.1. The lowest BCUT2D eigenvalue weighted by atomic mass is 9.88. The van der Waals surface area contributed by atoms with Gasteiger partial charge in [-0.2, -0.15) is 0 Å². The minimum Gasteiger partial charge on any atom is -0.504 e. The van der Waals surface area contributed by atoms with Gasteiger partial charge in [0.25, 0.3) is 0 Å². The van der Waals surface area contributed by atoms with E-state index in [9.17, 15) is 60.3 Å². The number of phenolic OH excluding ortho intramolecular Hbond substituents is 2. The predicted octanol–water partition coefficient (Wildman–Crippen LogP) is -1.65. The Morgan fingerprint density at radius 3 is 2.26 bits per heavy atom. The van der Waals surface area contributed by atoms with Crippen molar-refractivity contribution in [3.8, 4) is 23.0 Å². The number of carboxylic acid groups (broad SMARTS) is 2. The van der Waals surface area contributed by atoms with E-state index in [2.05, 4.69) is 0 Å². The van der Waals surface area contributed by atoms with Crippen LogP contribution in [0.4, 0.5) is 0 Å². The highest BCUT2D eigenvalue weighted by atomic mass is 16.7. The molecule has 0 unspecified atom stereocenters. The van der Waals surface area contributed by atoms with Crippen LogP contribution in [-0.4, -0.2) is 120 Å². The second kappa shape index (κ2) is 13.7. The lowest BCUT2D eigenvalue weighted by Crippen LogP contribution is -2.60. The second-order valence-corrected chi connectivity index (χ2v) is 9.44. The molecule has 0 spiro atoms. The van der Waals surface area contributed by atoms with Gasteiger partial charge in [-0.1, -0.05) is 12.1 Å². The van der Waals surface area contributed by atoms with Crippen LogP contribution >= 0.6 is 0 Å². The summed E-state index contributed by atoms with van der Waals surface area (Å²) in [5, 5.41) is 88.4. The van der Waals surface area contributed by atoms with E-state index >= 15 is 0 Å². The van der Waals surface area contributed by atoms with Crippen molar-refractivity contribution >= 4 is 24.0 Å². The number of aliphatic carboxylic acids is 2. The zero-order valence-electron chi connectivity index (χ0n) is 22.4. The predicted molar refractivity (Wildman–Crippen MR) is 140 cm³/mol. The van der Waals surface area contributed by atoms with Crippen molar-refractivity contribution in [2.75, 3.05) is 13.7 Å². The first kappa shape index (κ1) is 33.1. The molecule has 0 radical (unpaired) electrons. The van der Waals surface area contributed by atoms with Crippen LogP contribution < -0.4 is 9.47 Å². The summed E-state index contributed by atoms with van der Waals surface area (Å²) < 4.78 is 20.9. The number of aromatic hydroxyl groups is 2. The quantitative estimate of drug-likeness (QED) is 0.0740. The third kappa shape index (κ3) is 7.50. The SMILES string of the molecule is COc1cc(C=CC(=O)O[C@H](C(=O)O)[C@](O)(Cc2ccc(O)c(O)c2)C(=O)O)ccc1O[C@@H]1O[C@H](CO)[C@H](O)[C@H](O)[C@H]1O. The molecular weight excluding hydrogens is 580 g/mol. The first-order valence-corrected chi connectivity index (χ1v) is 12.4. The molecule has 1 aliphatic heterocycles. The van der Waals surface area contributed by atoms with Crippen LogP contribution in [0.1, 0.15) is 11.1 Å². The summed E-state index contributed by atoms with van der Waals surface area (Å²) in [6, 6.07) is 7.06. The molecule has 234 valence electrons. The number of carbonyl (C=O) groups excluding carboxylic acids is 1. The van der Waals surface area contributed by atoms with E-state index in [0.29, 0.717) is 0 Å². The topological polar surface area (TPSA) is 270 Å². The molecule has 16 nitrogen and oxygen atoms in total. The third-order valence-electron chi connectivity index (χ3n) is 6.47. The molecule has 1 fully saturated rings. The summed E-state index contributed by atoms with van der Waals surface area (Å²) in [6.45, 7) is -0.672. The number of carboxylic acids is 2. The van der Waals surface area contributed by atoms with Gasteiger partial charge in [-0.25, -0.2) is 14.4 Å². The Morgan fingerprint density at radius 2 is 1.67 bits per heavy atom. The fraction of sp³-hybridized carbons (Fsp3) is 0.370. The molecule has 7 atom stereocenters. The molecule has 1 saturated heterocycles. The molecule has 43 heavy (non-hydrogen) atoms. The van der Waals surface area contributed by atoms with Crippen molar-refractivity contribution in [3.63, 3.8) is 0 Å². The van der Waals surface area contributed by atoms with Crippen LogP contribution in [0.2, 0.25) is 0 Å². The fourth-order valence-electron chi connectivity index (χ4n) is 4.12. The molecule has 9 N–H and O–H groups in total. The third-order valence-corrected chi connectivity index (χ3v) is 6.47. The van der Waals surface area contributed by atoms with Crippen LogP contribution in [0.3, 0.4) is 0 Å². The van der Waals surface area contributed by atoms with Crippen molar-refractivity contribution in [2.24, 2.45) is 0 Å². The Balaban J connectivity index is 1.76. The van der Waals surface area contributed by atoms with E-state index in [1.54, 1.807) is 0 Å². The van der Waals surface area contributed by atoms with Crippen molar-refractivity contribution in [1.29, 1.82) is 0 Å². The van der Waals surface area contributed by atoms with Gasteiger partial charge in [0.1, 0.15) is 24.4 Å². The molecule has 0 aromatic heterocycles. The monoisotopic (exact) mass is 610 g/mol. The molecule has 2 aromatic carbocycles. The first-order chi connectivity index (χ1) is 20.2. The van der Waals surface area contributed by atoms with Gasteiger partial charge in [0.05, 0.1) is 13.7 Å². The van der Waals surface area contributed by atoms with E-state index in [0.717, 1.165) is 30.4 Å². The summed E-state index contributed by atoms with van der Waals surface area (Å²) in [7, 11) is 1.26. The van der Waals surface area contributed by atoms with E-state index in [-0.39, 0.29) is 22.6 Å². The molecule has 0 bridgehead atoms. The minimum absolute atomic E-state index is 0.00992. The standard InChI is InChI=1S/C27H30O16/c1-40-17-9-12(3-6-16(17)41-25-22(34)21(33)20(32)18(11-28)42-25)4-7-19(31)43-23(24(35)36)27(39,26(37)38)10-13-2-5-14(29)15(30)8-13/h2-9,18,20-23,25,28-30,32-34,39H,10-11H2,1H3,(H,35,36)(H,37,38)/t18-,20+,21+,22-,23-,25-,27-/m1/s1. The van der Waals surface area contributed by atoms with Gasteiger partial charge in [0, 0.05) is 12.5 Å². The first-order valence-electron chi connectivity index (χ1n) is 12.4. The van der Waals surface area contributed by atoms with Gasteiger partial charge < -0.3 is 64.9 Å². The van der Waals surface area contributed by atoms with Crippen LogP contribution in [0.5, 0.6) is 23.0 Å². The summed E-state index contributed by atoms with van der Waals surface area (Å²) in [5.74, 6) is -6.54. The Kier molecular flexibility index (Phi) is 10.5. The van der Waals surface area contributed by atoms with Gasteiger partial charge in [0.15, 0.2) is 23.0 Å². The fourth-order valence-corrected chi connectivity index (χ4v) is 4.12. The Morgan fingerprint density at radius 1 is 0.977 bits per heavy atom. The van der Waals surface area contributed by atoms with Gasteiger partial charge in [0.2, 0.25) is 18.0 Å². The number of benzene rings is 2. The molecule has 0 aliphatic carbocycles. The Labute approximate surface area is 242 Å². The Bertz CT molecular complexity index is 1360. The van der Waals surface area contributed by atoms with Crippen LogP contribution in [0, 0.1) is 0 Å². The highest BCUT2D eigenvalue weighted by molar-refractivity contribution is 5.93. The van der Waals surface area contributed by atoms with Gasteiger partial charge in [-0.05, 0) is 41.5 Å². The maximum atomic E-state index is 12.5. The van der Waals surface area contributed by atoms with Crippen molar-refractivity contribution in [3.05, 3.63) is 53.6 Å². The molecular formula is C27H30O16. The van der Waals surface area contributed by atoms with Crippen LogP contribution in [0.25, 0.3) is 6.08 Å². The van der Waals surface area contributed by atoms with Crippen molar-refractivity contribution in [2.45, 2.75) is 48.8 Å². The molecule has 2 aromatic rings. The molecule has 16 heteroatoms. The lowest BCUT2D eigenvalue weighted by molar-refractivity contribution is -0.277. The van der Waals surface area contributed by atoms with Crippen LogP contribution in [-0.2, 0) is 30.3 Å². The van der Waals surface area contributed by atoms with Crippen LogP contribution in [0.15, 0.2) is 42.5 Å². The average molecular weight is 611 g/mol. The number of hydrogen-bond acceptors (Lipinski definition) is 14. The number of rotatable bonds is 12. The molecule has 0 saturated carbocycles. The van der Waals surface area contributed by atoms with Crippen molar-refractivity contribution in [1.82, 2.24) is 0 Å². The highest BCUT2D eigenvalue weighted by Gasteiger charge is 2.51. The van der Waals surface area contributed by atoms with Crippen molar-refractivity contribution < 1.29 is 79.3 Å². The number of methoxy groups -OCH3 is 1. The summed E-state index contributed by atoms with van der Waals surface area (Å²) in [5.41, 5.74) is -3.00. The summed E-state index contributed by atoms with van der Waals surface area (Å²) in [6.07, 6.45) is -9.32.